The van der Waals surface area contributed by atoms with Gasteiger partial charge in [0, 0.05) is 11.5 Å². The first-order valence-corrected chi connectivity index (χ1v) is 14.0. The lowest BCUT2D eigenvalue weighted by Gasteiger charge is -2.37. The third kappa shape index (κ3) is 8.24. The molecule has 0 aromatic heterocycles. The highest BCUT2D eigenvalue weighted by Crippen LogP contribution is 2.42. The van der Waals surface area contributed by atoms with E-state index in [4.69, 9.17) is 0 Å². The van der Waals surface area contributed by atoms with Crippen LogP contribution in [-0.2, 0) is 6.42 Å². The summed E-state index contributed by atoms with van der Waals surface area (Å²) in [7, 11) is 0. The predicted molar refractivity (Wildman–Crippen MR) is 136 cm³/mol. The van der Waals surface area contributed by atoms with Crippen molar-refractivity contribution in [3.05, 3.63) is 35.1 Å². The Labute approximate surface area is 198 Å². The molecule has 3 rings (SSSR count). The Morgan fingerprint density at radius 3 is 2.09 bits per heavy atom. The first-order valence-electron chi connectivity index (χ1n) is 14.0. The Morgan fingerprint density at radius 2 is 1.44 bits per heavy atom. The van der Waals surface area contributed by atoms with Crippen LogP contribution in [0.5, 0.6) is 0 Å². The minimum absolute atomic E-state index is 0.0717. The highest BCUT2D eigenvalue weighted by Gasteiger charge is 2.30. The maximum atomic E-state index is 14.4. The molecule has 0 saturated heterocycles. The van der Waals surface area contributed by atoms with Gasteiger partial charge in [0.05, 0.1) is 0 Å². The molecule has 0 aliphatic heterocycles. The molecule has 0 atom stereocenters. The first-order chi connectivity index (χ1) is 15.7. The Bertz CT molecular complexity index is 708. The molecule has 2 saturated carbocycles. The van der Waals surface area contributed by atoms with Crippen molar-refractivity contribution in [1.82, 2.24) is 0 Å². The van der Waals surface area contributed by atoms with Gasteiger partial charge in [-0.3, -0.25) is 0 Å². The van der Waals surface area contributed by atoms with Crippen molar-refractivity contribution >= 4 is 0 Å². The molecule has 0 nitrogen and oxygen atoms in total. The Balaban J connectivity index is 1.38. The van der Waals surface area contributed by atoms with Gasteiger partial charge in [-0.1, -0.05) is 89.5 Å². The number of aryl methyl sites for hydroxylation is 1. The van der Waals surface area contributed by atoms with Crippen molar-refractivity contribution in [3.8, 4) is 11.8 Å². The van der Waals surface area contributed by atoms with E-state index >= 15 is 0 Å². The maximum Gasteiger partial charge on any atom is 0.127 e. The summed E-state index contributed by atoms with van der Waals surface area (Å²) in [5.74, 6) is 10.1. The second-order valence-electron chi connectivity index (χ2n) is 10.8. The summed E-state index contributed by atoms with van der Waals surface area (Å²) < 4.78 is 14.4. The van der Waals surface area contributed by atoms with Gasteiger partial charge in [0.15, 0.2) is 0 Å². The lowest BCUT2D eigenvalue weighted by atomic mass is 9.69. The largest absolute Gasteiger partial charge is 0.207 e. The second-order valence-corrected chi connectivity index (χ2v) is 10.8. The van der Waals surface area contributed by atoms with Gasteiger partial charge in [0.2, 0.25) is 0 Å². The van der Waals surface area contributed by atoms with Gasteiger partial charge in [-0.05, 0) is 86.8 Å². The minimum atomic E-state index is -0.0717. The van der Waals surface area contributed by atoms with Gasteiger partial charge in [-0.2, -0.15) is 0 Å². The van der Waals surface area contributed by atoms with Crippen LogP contribution in [0.3, 0.4) is 0 Å². The Kier molecular flexibility index (Phi) is 11.1. The summed E-state index contributed by atoms with van der Waals surface area (Å²) in [5, 5.41) is 0. The van der Waals surface area contributed by atoms with Crippen LogP contribution in [0.1, 0.15) is 128 Å². The SMILES string of the molecule is CCCCCC[C@H]1CC[C@H]([C@H]2CC[C@H](C#Cc3ccc(CCCCC)c(F)c3)CC2)CC1. The van der Waals surface area contributed by atoms with Gasteiger partial charge >= 0.3 is 0 Å². The molecule has 1 aromatic carbocycles. The van der Waals surface area contributed by atoms with Crippen LogP contribution in [0.15, 0.2) is 18.2 Å². The molecule has 2 aliphatic carbocycles. The number of rotatable bonds is 10. The van der Waals surface area contributed by atoms with E-state index in [1.165, 1.54) is 96.3 Å². The first kappa shape index (κ1) is 25.3. The van der Waals surface area contributed by atoms with Crippen LogP contribution in [0.4, 0.5) is 4.39 Å². The molecule has 0 unspecified atom stereocenters. The molecule has 32 heavy (non-hydrogen) atoms. The number of unbranched alkanes of at least 4 members (excludes halogenated alkanes) is 5. The summed E-state index contributed by atoms with van der Waals surface area (Å²) >= 11 is 0. The highest BCUT2D eigenvalue weighted by atomic mass is 19.1. The van der Waals surface area contributed by atoms with E-state index in [2.05, 4.69) is 25.7 Å². The fourth-order valence-electron chi connectivity index (χ4n) is 6.12. The predicted octanol–water partition coefficient (Wildman–Crippen LogP) is 9.49. The van der Waals surface area contributed by atoms with Gasteiger partial charge < -0.3 is 0 Å². The minimum Gasteiger partial charge on any atom is -0.207 e. The summed E-state index contributed by atoms with van der Waals surface area (Å²) in [4.78, 5) is 0. The zero-order valence-corrected chi connectivity index (χ0v) is 20.9. The summed E-state index contributed by atoms with van der Waals surface area (Å²) in [6.07, 6.45) is 22.5. The van der Waals surface area contributed by atoms with E-state index in [0.29, 0.717) is 5.92 Å². The normalized spacial score (nSPS) is 25.8. The number of benzene rings is 1. The third-order valence-corrected chi connectivity index (χ3v) is 8.32. The molecule has 0 spiro atoms. The maximum absolute atomic E-state index is 14.4. The van der Waals surface area contributed by atoms with Crippen molar-refractivity contribution in [3.63, 3.8) is 0 Å². The molecular weight excluding hydrogens is 391 g/mol. The van der Waals surface area contributed by atoms with Crippen molar-refractivity contribution in [2.45, 2.75) is 123 Å². The third-order valence-electron chi connectivity index (χ3n) is 8.32. The molecule has 2 aliphatic rings. The van der Waals surface area contributed by atoms with Crippen molar-refractivity contribution in [1.29, 1.82) is 0 Å². The standard InChI is InChI=1S/C31H47F/c1-3-5-7-9-10-25-14-19-28(20-15-25)29-21-16-26(17-22-29)12-13-27-18-23-30(31(32)24-27)11-8-6-4-2/h18,23-26,28-29H,3-11,14-17,19-22H2,1-2H3/t25-,26-,28-,29-. The van der Waals surface area contributed by atoms with Gasteiger partial charge in [0.1, 0.15) is 5.82 Å². The van der Waals surface area contributed by atoms with Gasteiger partial charge in [0.25, 0.3) is 0 Å². The van der Waals surface area contributed by atoms with Crippen LogP contribution in [-0.4, -0.2) is 0 Å². The molecule has 0 N–H and O–H groups in total. The topological polar surface area (TPSA) is 0 Å². The Hall–Kier alpha value is -1.29. The highest BCUT2D eigenvalue weighted by molar-refractivity contribution is 5.37. The number of halogens is 1. The smallest absolute Gasteiger partial charge is 0.127 e. The summed E-state index contributed by atoms with van der Waals surface area (Å²) in [6, 6.07) is 5.62. The summed E-state index contributed by atoms with van der Waals surface area (Å²) in [5.41, 5.74) is 1.70. The van der Waals surface area contributed by atoms with E-state index in [9.17, 15) is 4.39 Å². The van der Waals surface area contributed by atoms with Crippen molar-refractivity contribution < 1.29 is 4.39 Å². The van der Waals surface area contributed by atoms with Gasteiger partial charge in [-0.15, -0.1) is 0 Å². The second kappa shape index (κ2) is 14.1. The fraction of sp³-hybridized carbons (Fsp3) is 0.742. The number of hydrogen-bond acceptors (Lipinski definition) is 0. The zero-order valence-electron chi connectivity index (χ0n) is 20.9. The Morgan fingerprint density at radius 1 is 0.781 bits per heavy atom. The molecule has 2 fully saturated rings. The molecule has 0 bridgehead atoms. The quantitative estimate of drug-likeness (QED) is 0.252. The lowest BCUT2D eigenvalue weighted by Crippen LogP contribution is -2.25. The number of hydrogen-bond donors (Lipinski definition) is 0. The molecule has 178 valence electrons. The van der Waals surface area contributed by atoms with Crippen LogP contribution in [0, 0.1) is 41.3 Å². The van der Waals surface area contributed by atoms with Crippen molar-refractivity contribution in [2.75, 3.05) is 0 Å². The molecule has 0 heterocycles. The molecular formula is C31H47F. The molecule has 1 heteroatoms. The van der Waals surface area contributed by atoms with Crippen LogP contribution in [0.2, 0.25) is 0 Å². The van der Waals surface area contributed by atoms with Crippen molar-refractivity contribution in [2.24, 2.45) is 23.7 Å². The monoisotopic (exact) mass is 438 g/mol. The fourth-order valence-corrected chi connectivity index (χ4v) is 6.12. The zero-order chi connectivity index (χ0) is 22.6. The van der Waals surface area contributed by atoms with E-state index < -0.39 is 0 Å². The lowest BCUT2D eigenvalue weighted by molar-refractivity contribution is 0.153. The van der Waals surface area contributed by atoms with Gasteiger partial charge in [-0.25, -0.2) is 4.39 Å². The van der Waals surface area contributed by atoms with Crippen LogP contribution in [0.25, 0.3) is 0 Å². The van der Waals surface area contributed by atoms with Crippen LogP contribution < -0.4 is 0 Å². The summed E-state index contributed by atoms with van der Waals surface area (Å²) in [6.45, 7) is 4.49. The van der Waals surface area contributed by atoms with E-state index in [1.807, 2.05) is 12.1 Å². The molecule has 0 amide bonds. The molecule has 0 radical (unpaired) electrons. The average molecular weight is 439 g/mol. The molecule has 1 aromatic rings. The van der Waals surface area contributed by atoms with E-state index in [0.717, 1.165) is 41.7 Å². The average Bonchev–Trinajstić information content (AvgIpc) is 2.83. The van der Waals surface area contributed by atoms with Crippen LogP contribution >= 0.6 is 0 Å². The van der Waals surface area contributed by atoms with E-state index in [1.54, 1.807) is 6.07 Å². The van der Waals surface area contributed by atoms with E-state index in [-0.39, 0.29) is 5.82 Å².